The van der Waals surface area contributed by atoms with Crippen molar-refractivity contribution in [2.75, 3.05) is 5.32 Å². The summed E-state index contributed by atoms with van der Waals surface area (Å²) >= 11 is 5.94. The minimum absolute atomic E-state index is 0. The van der Waals surface area contributed by atoms with Crippen molar-refractivity contribution in [3.8, 4) is 11.3 Å². The average molecular weight is 482 g/mol. The average Bonchev–Trinajstić information content (AvgIpc) is 3.31. The standard InChI is InChI=1S/C26H24ClN3O2.ClH/c27-19-8-5-18(6-9-19)23-14-15-24(32-23)26(31)29-21-12-10-20(11-13-21)28-25-16-7-17-3-1-2-4-22(17)30-25;/h1-9,14-16,20-21H,10-13H2,(H,28,30)(H,29,31);1H/t20-,21+;. The maximum Gasteiger partial charge on any atom is 0.287 e. The lowest BCUT2D eigenvalue weighted by molar-refractivity contribution is 0.0899. The molecule has 1 fully saturated rings. The number of carbonyl (C=O) groups is 1. The normalized spacial score (nSPS) is 17.8. The minimum atomic E-state index is -0.169. The third kappa shape index (κ3) is 5.49. The number of hydrogen-bond acceptors (Lipinski definition) is 4. The van der Waals surface area contributed by atoms with Gasteiger partial charge in [-0.3, -0.25) is 4.79 Å². The first kappa shape index (κ1) is 23.1. The Bertz CT molecular complexity index is 1230. The van der Waals surface area contributed by atoms with Gasteiger partial charge in [-0.1, -0.05) is 29.8 Å². The Balaban J connectivity index is 0.00000259. The predicted molar refractivity (Wildman–Crippen MR) is 135 cm³/mol. The number of carbonyl (C=O) groups excluding carboxylic acids is 1. The molecule has 0 spiro atoms. The third-order valence-electron chi connectivity index (χ3n) is 5.97. The van der Waals surface area contributed by atoms with Crippen molar-refractivity contribution in [3.05, 3.63) is 83.6 Å². The molecular weight excluding hydrogens is 457 g/mol. The number of para-hydroxylation sites is 1. The zero-order valence-electron chi connectivity index (χ0n) is 18.0. The van der Waals surface area contributed by atoms with Crippen LogP contribution < -0.4 is 10.6 Å². The summed E-state index contributed by atoms with van der Waals surface area (Å²) < 4.78 is 5.77. The van der Waals surface area contributed by atoms with Gasteiger partial charge >= 0.3 is 0 Å². The van der Waals surface area contributed by atoms with Gasteiger partial charge in [-0.15, -0.1) is 12.4 Å². The quantitative estimate of drug-likeness (QED) is 0.331. The number of hydrogen-bond donors (Lipinski definition) is 2. The number of anilines is 1. The molecule has 0 aliphatic heterocycles. The topological polar surface area (TPSA) is 67.2 Å². The number of nitrogens with zero attached hydrogens (tertiary/aromatic N) is 1. The molecule has 5 rings (SSSR count). The third-order valence-corrected chi connectivity index (χ3v) is 6.22. The van der Waals surface area contributed by atoms with E-state index in [2.05, 4.69) is 22.8 Å². The van der Waals surface area contributed by atoms with Gasteiger partial charge in [0, 0.05) is 28.1 Å². The molecule has 2 N–H and O–H groups in total. The summed E-state index contributed by atoms with van der Waals surface area (Å²) in [4.78, 5) is 17.4. The number of furan rings is 1. The molecule has 0 radical (unpaired) electrons. The lowest BCUT2D eigenvalue weighted by Crippen LogP contribution is -2.40. The molecule has 2 aromatic carbocycles. The van der Waals surface area contributed by atoms with Gasteiger partial charge in [-0.25, -0.2) is 4.98 Å². The number of nitrogens with one attached hydrogen (secondary N) is 2. The lowest BCUT2D eigenvalue weighted by atomic mass is 9.91. The van der Waals surface area contributed by atoms with Gasteiger partial charge in [0.1, 0.15) is 11.6 Å². The first-order valence-electron chi connectivity index (χ1n) is 10.9. The number of fused-ring (bicyclic) bond motifs is 1. The predicted octanol–water partition coefficient (Wildman–Crippen LogP) is 6.72. The van der Waals surface area contributed by atoms with Crippen LogP contribution in [0.1, 0.15) is 36.2 Å². The van der Waals surface area contributed by atoms with E-state index in [0.29, 0.717) is 22.6 Å². The smallest absolute Gasteiger partial charge is 0.287 e. The van der Waals surface area contributed by atoms with E-state index in [1.807, 2.05) is 42.5 Å². The second-order valence-electron chi connectivity index (χ2n) is 8.23. The molecule has 4 aromatic rings. The molecule has 2 aromatic heterocycles. The summed E-state index contributed by atoms with van der Waals surface area (Å²) in [5, 5.41) is 8.48. The molecule has 170 valence electrons. The molecule has 0 atom stereocenters. The monoisotopic (exact) mass is 481 g/mol. The highest BCUT2D eigenvalue weighted by Gasteiger charge is 2.24. The Morgan fingerprint density at radius 3 is 2.39 bits per heavy atom. The van der Waals surface area contributed by atoms with E-state index in [0.717, 1.165) is 48.0 Å². The van der Waals surface area contributed by atoms with Crippen LogP contribution in [0.5, 0.6) is 0 Å². The van der Waals surface area contributed by atoms with Gasteiger partial charge < -0.3 is 15.1 Å². The Morgan fingerprint density at radius 2 is 1.61 bits per heavy atom. The van der Waals surface area contributed by atoms with Crippen molar-refractivity contribution in [2.24, 2.45) is 0 Å². The number of halogens is 2. The van der Waals surface area contributed by atoms with Gasteiger partial charge in [0.2, 0.25) is 0 Å². The fourth-order valence-electron chi connectivity index (χ4n) is 4.22. The Hall–Kier alpha value is -3.02. The highest BCUT2D eigenvalue weighted by atomic mass is 35.5. The summed E-state index contributed by atoms with van der Waals surface area (Å²) in [5.74, 6) is 1.72. The first-order valence-corrected chi connectivity index (χ1v) is 11.3. The van der Waals surface area contributed by atoms with Crippen LogP contribution in [0.25, 0.3) is 22.2 Å². The number of aromatic nitrogens is 1. The van der Waals surface area contributed by atoms with E-state index in [1.165, 1.54) is 0 Å². The van der Waals surface area contributed by atoms with Crippen LogP contribution in [0.4, 0.5) is 5.82 Å². The molecule has 1 amide bonds. The van der Waals surface area contributed by atoms with E-state index in [1.54, 1.807) is 18.2 Å². The zero-order valence-corrected chi connectivity index (χ0v) is 19.5. The SMILES string of the molecule is Cl.O=C(N[C@H]1CC[C@@H](Nc2ccc3ccccc3n2)CC1)c1ccc(-c2ccc(Cl)cc2)o1. The lowest BCUT2D eigenvalue weighted by Gasteiger charge is -2.29. The molecule has 1 saturated carbocycles. The molecular formula is C26H25Cl2N3O2. The minimum Gasteiger partial charge on any atom is -0.451 e. The highest BCUT2D eigenvalue weighted by Crippen LogP contribution is 2.26. The fraction of sp³-hybridized carbons (Fsp3) is 0.231. The Labute approximate surface area is 204 Å². The van der Waals surface area contributed by atoms with Crippen LogP contribution in [0, 0.1) is 0 Å². The van der Waals surface area contributed by atoms with Crippen molar-refractivity contribution in [2.45, 2.75) is 37.8 Å². The molecule has 33 heavy (non-hydrogen) atoms. The van der Waals surface area contributed by atoms with Crippen molar-refractivity contribution in [1.82, 2.24) is 10.3 Å². The Morgan fingerprint density at radius 1 is 0.879 bits per heavy atom. The summed E-state index contributed by atoms with van der Waals surface area (Å²) in [6, 6.07) is 23.7. The number of amides is 1. The molecule has 2 heterocycles. The van der Waals surface area contributed by atoms with Crippen molar-refractivity contribution in [1.29, 1.82) is 0 Å². The van der Waals surface area contributed by atoms with Crippen LogP contribution in [0.2, 0.25) is 5.02 Å². The van der Waals surface area contributed by atoms with E-state index in [9.17, 15) is 4.79 Å². The van der Waals surface area contributed by atoms with Gasteiger partial charge in [-0.2, -0.15) is 0 Å². The van der Waals surface area contributed by atoms with Crippen LogP contribution in [-0.4, -0.2) is 23.0 Å². The van der Waals surface area contributed by atoms with Crippen molar-refractivity contribution >= 4 is 46.6 Å². The number of rotatable bonds is 5. The maximum absolute atomic E-state index is 12.7. The second kappa shape index (κ2) is 10.3. The van der Waals surface area contributed by atoms with Crippen LogP contribution in [-0.2, 0) is 0 Å². The summed E-state index contributed by atoms with van der Waals surface area (Å²) in [6.07, 6.45) is 3.80. The van der Waals surface area contributed by atoms with Crippen LogP contribution in [0.3, 0.4) is 0 Å². The molecule has 1 aliphatic rings. The largest absolute Gasteiger partial charge is 0.451 e. The van der Waals surface area contributed by atoms with E-state index < -0.39 is 0 Å². The van der Waals surface area contributed by atoms with Crippen molar-refractivity contribution < 1.29 is 9.21 Å². The first-order chi connectivity index (χ1) is 15.6. The van der Waals surface area contributed by atoms with Crippen molar-refractivity contribution in [3.63, 3.8) is 0 Å². The zero-order chi connectivity index (χ0) is 21.9. The Kier molecular flexibility index (Phi) is 7.21. The van der Waals surface area contributed by atoms with Crippen LogP contribution >= 0.6 is 24.0 Å². The molecule has 7 heteroatoms. The molecule has 1 aliphatic carbocycles. The summed E-state index contributed by atoms with van der Waals surface area (Å²) in [7, 11) is 0. The molecule has 5 nitrogen and oxygen atoms in total. The van der Waals surface area contributed by atoms with Gasteiger partial charge in [0.05, 0.1) is 5.52 Å². The summed E-state index contributed by atoms with van der Waals surface area (Å²) in [5.41, 5.74) is 1.89. The highest BCUT2D eigenvalue weighted by molar-refractivity contribution is 6.30. The van der Waals surface area contributed by atoms with Gasteiger partial charge in [0.25, 0.3) is 5.91 Å². The second-order valence-corrected chi connectivity index (χ2v) is 8.66. The number of benzene rings is 2. The molecule has 0 saturated heterocycles. The van der Waals surface area contributed by atoms with E-state index in [-0.39, 0.29) is 24.4 Å². The molecule has 0 unspecified atom stereocenters. The molecule has 0 bridgehead atoms. The number of pyridine rings is 1. The van der Waals surface area contributed by atoms with Gasteiger partial charge in [-0.05, 0) is 80.3 Å². The van der Waals surface area contributed by atoms with Gasteiger partial charge in [0.15, 0.2) is 5.76 Å². The van der Waals surface area contributed by atoms with E-state index in [4.69, 9.17) is 21.0 Å². The van der Waals surface area contributed by atoms with E-state index >= 15 is 0 Å². The fourth-order valence-corrected chi connectivity index (χ4v) is 4.35. The maximum atomic E-state index is 12.7. The van der Waals surface area contributed by atoms with Crippen LogP contribution in [0.15, 0.2) is 77.2 Å². The summed E-state index contributed by atoms with van der Waals surface area (Å²) in [6.45, 7) is 0.